The van der Waals surface area contributed by atoms with Crippen molar-refractivity contribution in [2.75, 3.05) is 13.2 Å². The molecule has 14 nitrogen and oxygen atoms in total. The molecule has 322 valence electrons. The van der Waals surface area contributed by atoms with Gasteiger partial charge in [-0.2, -0.15) is 0 Å². The van der Waals surface area contributed by atoms with Crippen molar-refractivity contribution >= 4 is 5.78 Å². The number of carbonyl (C=O) groups excluding carboxylic acids is 1. The first-order valence-electron chi connectivity index (χ1n) is 20.9. The number of hydrogen-bond acceptors (Lipinski definition) is 14. The number of ether oxygens (including phenoxy) is 4. The van der Waals surface area contributed by atoms with Gasteiger partial charge in [0.25, 0.3) is 0 Å². The van der Waals surface area contributed by atoms with Crippen molar-refractivity contribution in [2.45, 2.75) is 186 Å². The zero-order chi connectivity index (χ0) is 41.5. The van der Waals surface area contributed by atoms with E-state index in [0.717, 1.165) is 38.5 Å². The van der Waals surface area contributed by atoms with Gasteiger partial charge in [-0.05, 0) is 104 Å². The third-order valence-corrected chi connectivity index (χ3v) is 16.4. The summed E-state index contributed by atoms with van der Waals surface area (Å²) in [7, 11) is 0. The first-order valence-corrected chi connectivity index (χ1v) is 20.9. The number of Topliss-reactive ketones (excluding diaryl/α,β-unsaturated/α-hetero) is 1. The van der Waals surface area contributed by atoms with Gasteiger partial charge < -0.3 is 64.9 Å². The Morgan fingerprint density at radius 3 is 2.07 bits per heavy atom. The van der Waals surface area contributed by atoms with E-state index in [9.17, 15) is 50.8 Å². The van der Waals surface area contributed by atoms with Gasteiger partial charge in [-0.3, -0.25) is 4.79 Å². The van der Waals surface area contributed by atoms with Crippen LogP contribution < -0.4 is 0 Å². The predicted molar refractivity (Wildman–Crippen MR) is 201 cm³/mol. The average molecular weight is 799 g/mol. The lowest BCUT2D eigenvalue weighted by atomic mass is 9.41. The number of ketones is 1. The van der Waals surface area contributed by atoms with Crippen LogP contribution in [0.5, 0.6) is 0 Å². The molecule has 0 unspecified atom stereocenters. The zero-order valence-corrected chi connectivity index (χ0v) is 34.5. The highest BCUT2D eigenvalue weighted by Gasteiger charge is 2.66. The smallest absolute Gasteiger partial charge is 0.186 e. The van der Waals surface area contributed by atoms with E-state index in [-0.39, 0.29) is 57.7 Å². The topological polar surface area (TPSA) is 236 Å². The minimum atomic E-state index is -1.66. The second kappa shape index (κ2) is 15.7. The maximum absolute atomic E-state index is 12.6. The molecule has 56 heavy (non-hydrogen) atoms. The number of aliphatic hydroxyl groups is 9. The van der Waals surface area contributed by atoms with Crippen molar-refractivity contribution in [1.82, 2.24) is 0 Å². The number of carbonyl (C=O) groups is 1. The van der Waals surface area contributed by atoms with Crippen molar-refractivity contribution in [3.8, 4) is 0 Å². The van der Waals surface area contributed by atoms with Crippen LogP contribution in [0, 0.1) is 45.3 Å². The van der Waals surface area contributed by atoms with Crippen molar-refractivity contribution in [3.05, 3.63) is 11.6 Å². The van der Waals surface area contributed by atoms with Crippen LogP contribution in [0.3, 0.4) is 0 Å². The highest BCUT2D eigenvalue weighted by atomic mass is 16.7. The highest BCUT2D eigenvalue weighted by molar-refractivity contribution is 5.86. The fraction of sp³-hybridized carbons (Fsp3) is 0.929. The third kappa shape index (κ3) is 7.28. The quantitative estimate of drug-likeness (QED) is 0.106. The van der Waals surface area contributed by atoms with E-state index in [1.807, 2.05) is 0 Å². The van der Waals surface area contributed by atoms with Crippen LogP contribution >= 0.6 is 0 Å². The summed E-state index contributed by atoms with van der Waals surface area (Å²) in [6.45, 7) is 15.5. The molecule has 0 aromatic rings. The monoisotopic (exact) mass is 798 g/mol. The molecule has 6 aliphatic rings. The molecule has 2 aliphatic heterocycles. The normalized spacial score (nSPS) is 48.9. The zero-order valence-electron chi connectivity index (χ0n) is 34.5. The average Bonchev–Trinajstić information content (AvgIpc) is 3.41. The Morgan fingerprint density at radius 2 is 1.45 bits per heavy atom. The Kier molecular flexibility index (Phi) is 12.5. The van der Waals surface area contributed by atoms with Crippen LogP contribution in [-0.2, 0) is 23.7 Å². The minimum absolute atomic E-state index is 0.00513. The molecule has 0 aromatic heterocycles. The molecule has 9 N–H and O–H groups in total. The summed E-state index contributed by atoms with van der Waals surface area (Å²) in [6.07, 6.45) is -7.21. The standard InChI is InChI=1S/C42H70O14/c1-20(24(44)17-28(45)39(4,5)52)21-11-15-42(8)23-9-10-27-38(2,3)29(13-14-40(27,6)22(23)12-16-41(21,42)7)56-37-35(51)33(49)31(47)26(55-37)19-53-36-34(50)32(48)30(46)25(18-43)54-36/h12,20-21,23-27,29-37,43-44,46-52H,9-11,13-19H2,1-8H3/t20-,21+,23+,24+,25+,26+,27-,29-,30+,31+,32-,33-,34+,35+,36+,37-,40+,41+,42-/m0/s1. The molecule has 14 heteroatoms. The van der Waals surface area contributed by atoms with Gasteiger partial charge >= 0.3 is 0 Å². The van der Waals surface area contributed by atoms with Crippen LogP contribution in [0.4, 0.5) is 0 Å². The maximum Gasteiger partial charge on any atom is 0.186 e. The largest absolute Gasteiger partial charge is 0.394 e. The van der Waals surface area contributed by atoms with Crippen molar-refractivity contribution in [1.29, 1.82) is 0 Å². The summed E-state index contributed by atoms with van der Waals surface area (Å²) < 4.78 is 23.6. The predicted octanol–water partition coefficient (Wildman–Crippen LogP) is 1.33. The number of allylic oxidation sites excluding steroid dienone is 2. The Labute approximate surface area is 331 Å². The highest BCUT2D eigenvalue weighted by Crippen LogP contribution is 2.73. The van der Waals surface area contributed by atoms with Crippen LogP contribution in [0.1, 0.15) is 107 Å². The van der Waals surface area contributed by atoms with E-state index >= 15 is 0 Å². The van der Waals surface area contributed by atoms with E-state index in [0.29, 0.717) is 12.3 Å². The lowest BCUT2D eigenvalue weighted by Gasteiger charge is -2.64. The van der Waals surface area contributed by atoms with Crippen molar-refractivity contribution in [2.24, 2.45) is 45.3 Å². The molecule has 0 bridgehead atoms. The van der Waals surface area contributed by atoms with Gasteiger partial charge in [-0.15, -0.1) is 0 Å². The van der Waals surface area contributed by atoms with Crippen molar-refractivity contribution < 1.29 is 69.7 Å². The number of rotatable bonds is 11. The number of hydrogen-bond donors (Lipinski definition) is 9. The Hall–Kier alpha value is -1.11. The summed E-state index contributed by atoms with van der Waals surface area (Å²) in [5.74, 6) is 0.380. The van der Waals surface area contributed by atoms with Gasteiger partial charge in [-0.25, -0.2) is 0 Å². The molecular weight excluding hydrogens is 728 g/mol. The van der Waals surface area contributed by atoms with E-state index in [4.69, 9.17) is 18.9 Å². The summed E-state index contributed by atoms with van der Waals surface area (Å²) in [5, 5.41) is 94.4. The van der Waals surface area contributed by atoms with Gasteiger partial charge in [0.2, 0.25) is 0 Å². The van der Waals surface area contributed by atoms with Gasteiger partial charge in [0.15, 0.2) is 18.4 Å². The minimum Gasteiger partial charge on any atom is -0.394 e. The van der Waals surface area contributed by atoms with Crippen LogP contribution in [-0.4, -0.2) is 144 Å². The van der Waals surface area contributed by atoms with Gasteiger partial charge in [0.1, 0.15) is 54.4 Å². The maximum atomic E-state index is 12.6. The first-order chi connectivity index (χ1) is 25.9. The Balaban J connectivity index is 1.14. The van der Waals surface area contributed by atoms with Crippen LogP contribution in [0.15, 0.2) is 11.6 Å². The van der Waals surface area contributed by atoms with E-state index in [2.05, 4.69) is 47.6 Å². The second-order valence-corrected chi connectivity index (χ2v) is 20.1. The molecule has 0 amide bonds. The summed E-state index contributed by atoms with van der Waals surface area (Å²) >= 11 is 0. The lowest BCUT2D eigenvalue weighted by Crippen LogP contribution is -2.63. The van der Waals surface area contributed by atoms with Gasteiger partial charge in [0.05, 0.1) is 25.4 Å². The summed E-state index contributed by atoms with van der Waals surface area (Å²) in [4.78, 5) is 12.6. The molecule has 0 spiro atoms. The summed E-state index contributed by atoms with van der Waals surface area (Å²) in [6, 6.07) is 0. The molecule has 6 rings (SSSR count). The third-order valence-electron chi connectivity index (χ3n) is 16.4. The molecular formula is C42H70O14. The molecule has 2 heterocycles. The Morgan fingerprint density at radius 1 is 0.839 bits per heavy atom. The van der Waals surface area contributed by atoms with E-state index in [1.165, 1.54) is 19.4 Å². The van der Waals surface area contributed by atoms with E-state index in [1.54, 1.807) is 0 Å². The molecule has 2 saturated heterocycles. The number of aliphatic hydroxyl groups excluding tert-OH is 8. The lowest BCUT2D eigenvalue weighted by molar-refractivity contribution is -0.343. The molecule has 0 radical (unpaired) electrons. The molecule has 19 atom stereocenters. The van der Waals surface area contributed by atoms with Crippen molar-refractivity contribution in [3.63, 3.8) is 0 Å². The first kappa shape index (κ1) is 44.4. The molecule has 4 aliphatic carbocycles. The molecule has 0 aromatic carbocycles. The molecule has 5 fully saturated rings. The van der Waals surface area contributed by atoms with Gasteiger partial charge in [0, 0.05) is 6.42 Å². The van der Waals surface area contributed by atoms with Crippen LogP contribution in [0.2, 0.25) is 0 Å². The molecule has 3 saturated carbocycles. The fourth-order valence-electron chi connectivity index (χ4n) is 12.4. The fourth-order valence-corrected chi connectivity index (χ4v) is 12.4. The SMILES string of the molecule is C[C@H]([C@H](O)CC(=O)C(C)(C)O)[C@H]1CC[C@@]2(C)[C@@H]3CC[C@H]4C(C)(C)[C@@H](O[C@@H]5O[C@H](CO[C@@H]6O[C@H](CO)[C@@H](O)[C@H](O)[C@H]6O)[C@@H](O)[C@H](O)[C@H]5O)CC[C@]4(C)C3=CC[C@]12C. The van der Waals surface area contributed by atoms with Gasteiger partial charge in [-0.1, -0.05) is 53.2 Å². The van der Waals surface area contributed by atoms with Crippen LogP contribution in [0.25, 0.3) is 0 Å². The summed E-state index contributed by atoms with van der Waals surface area (Å²) in [5.41, 5.74) is -0.525. The number of fused-ring (bicyclic) bond motifs is 5. The van der Waals surface area contributed by atoms with E-state index < -0.39 is 86.3 Å². The Bertz CT molecular complexity index is 1450. The second-order valence-electron chi connectivity index (χ2n) is 20.1.